The molecule has 0 aliphatic carbocycles. The number of aliphatic hydroxyl groups is 2. The number of hydrogen-bond donors (Lipinski definition) is 3. The number of primary sulfonamides is 1. The molecule has 0 amide bonds. The molecule has 0 heterocycles. The molecule has 4 N–H and O–H groups in total. The lowest BCUT2D eigenvalue weighted by Gasteiger charge is -2.24. The van der Waals surface area contributed by atoms with E-state index in [1.54, 1.807) is 12.1 Å². The second kappa shape index (κ2) is 9.80. The van der Waals surface area contributed by atoms with Crippen molar-refractivity contribution in [3.63, 3.8) is 0 Å². The van der Waals surface area contributed by atoms with Gasteiger partial charge in [-0.15, -0.1) is 0 Å². The average Bonchev–Trinajstić information content (AvgIpc) is 2.62. The largest absolute Gasteiger partial charge is 0.395 e. The van der Waals surface area contributed by atoms with Gasteiger partial charge in [0.15, 0.2) is 0 Å². The highest BCUT2D eigenvalue weighted by Gasteiger charge is 2.13. The summed E-state index contributed by atoms with van der Waals surface area (Å²) in [4.78, 5) is 2.13. The molecule has 1 atom stereocenters. The van der Waals surface area contributed by atoms with Crippen molar-refractivity contribution >= 4 is 10.0 Å². The number of nitrogens with zero attached hydrogens (tertiary/aromatic N) is 1. The van der Waals surface area contributed by atoms with Crippen molar-refractivity contribution in [3.05, 3.63) is 65.7 Å². The summed E-state index contributed by atoms with van der Waals surface area (Å²) in [5.41, 5.74) is 1.87. The summed E-state index contributed by atoms with van der Waals surface area (Å²) in [6, 6.07) is 16.0. The van der Waals surface area contributed by atoms with Crippen molar-refractivity contribution in [1.29, 1.82) is 0 Å². The third kappa shape index (κ3) is 6.51. The topological polar surface area (TPSA) is 104 Å². The van der Waals surface area contributed by atoms with E-state index in [2.05, 4.69) is 0 Å². The van der Waals surface area contributed by atoms with Crippen LogP contribution in [-0.4, -0.2) is 49.8 Å². The molecule has 7 heteroatoms. The molecule has 0 radical (unpaired) electrons. The number of aryl methyl sites for hydroxylation is 1. The Balaban J connectivity index is 1.86. The van der Waals surface area contributed by atoms with Crippen molar-refractivity contribution in [2.24, 2.45) is 5.14 Å². The number of rotatable bonds is 10. The van der Waals surface area contributed by atoms with Gasteiger partial charge in [0.2, 0.25) is 10.0 Å². The van der Waals surface area contributed by atoms with E-state index >= 15 is 0 Å². The number of aliphatic hydroxyl groups excluding tert-OH is 2. The monoisotopic (exact) mass is 378 g/mol. The van der Waals surface area contributed by atoms with Crippen molar-refractivity contribution in [1.82, 2.24) is 4.90 Å². The van der Waals surface area contributed by atoms with E-state index in [1.807, 2.05) is 35.2 Å². The summed E-state index contributed by atoms with van der Waals surface area (Å²) >= 11 is 0. The first-order chi connectivity index (χ1) is 12.4. The van der Waals surface area contributed by atoms with Gasteiger partial charge < -0.3 is 10.2 Å². The Morgan fingerprint density at radius 3 is 2.23 bits per heavy atom. The Kier molecular flexibility index (Phi) is 7.74. The third-order valence-corrected chi connectivity index (χ3v) is 5.15. The fourth-order valence-corrected chi connectivity index (χ4v) is 3.33. The quantitative estimate of drug-likeness (QED) is 0.578. The van der Waals surface area contributed by atoms with Gasteiger partial charge in [-0.05, 0) is 42.6 Å². The molecular weight excluding hydrogens is 352 g/mol. The summed E-state index contributed by atoms with van der Waals surface area (Å²) in [6.45, 7) is 1.70. The summed E-state index contributed by atoms with van der Waals surface area (Å²) in [6.07, 6.45) is 1.00. The smallest absolute Gasteiger partial charge is 0.238 e. The maximum Gasteiger partial charge on any atom is 0.238 e. The molecule has 0 fully saturated rings. The zero-order valence-electron chi connectivity index (χ0n) is 14.7. The van der Waals surface area contributed by atoms with E-state index in [9.17, 15) is 18.6 Å². The van der Waals surface area contributed by atoms with Crippen LogP contribution in [-0.2, 0) is 16.4 Å². The average molecular weight is 378 g/mol. The number of sulfonamides is 1. The highest BCUT2D eigenvalue weighted by atomic mass is 32.2. The van der Waals surface area contributed by atoms with E-state index in [-0.39, 0.29) is 11.5 Å². The van der Waals surface area contributed by atoms with Crippen LogP contribution in [0.15, 0.2) is 59.5 Å². The standard InChI is InChI=1S/C19H26N2O4S/c20-26(24,25)18-10-8-16(9-11-18)5-4-12-21(13-14-22)15-19(23)17-6-2-1-3-7-17/h1-3,6-11,19,22-23H,4-5,12-15H2,(H2,20,24,25). The van der Waals surface area contributed by atoms with Gasteiger partial charge in [0.25, 0.3) is 0 Å². The molecule has 1 unspecified atom stereocenters. The zero-order valence-corrected chi connectivity index (χ0v) is 15.5. The molecule has 142 valence electrons. The Hall–Kier alpha value is -1.77. The summed E-state index contributed by atoms with van der Waals surface area (Å²) in [7, 11) is -3.66. The van der Waals surface area contributed by atoms with Crippen molar-refractivity contribution in [3.8, 4) is 0 Å². The number of hydrogen-bond acceptors (Lipinski definition) is 5. The Morgan fingerprint density at radius 1 is 1.00 bits per heavy atom. The molecule has 2 aromatic rings. The molecule has 6 nitrogen and oxygen atoms in total. The summed E-state index contributed by atoms with van der Waals surface area (Å²) in [5, 5.41) is 24.7. The van der Waals surface area contributed by atoms with Crippen LogP contribution in [0.5, 0.6) is 0 Å². The van der Waals surface area contributed by atoms with Gasteiger partial charge in [-0.25, -0.2) is 13.6 Å². The predicted octanol–water partition coefficient (Wildman–Crippen LogP) is 1.29. The lowest BCUT2D eigenvalue weighted by atomic mass is 10.1. The zero-order chi connectivity index (χ0) is 19.0. The summed E-state index contributed by atoms with van der Waals surface area (Å²) < 4.78 is 22.5. The van der Waals surface area contributed by atoms with E-state index < -0.39 is 16.1 Å². The molecule has 2 rings (SSSR count). The minimum Gasteiger partial charge on any atom is -0.395 e. The maximum absolute atomic E-state index is 11.3. The molecule has 0 spiro atoms. The van der Waals surface area contributed by atoms with E-state index in [1.165, 1.54) is 12.1 Å². The highest BCUT2D eigenvalue weighted by Crippen LogP contribution is 2.15. The molecule has 2 aromatic carbocycles. The minimum atomic E-state index is -3.66. The molecule has 26 heavy (non-hydrogen) atoms. The van der Waals surface area contributed by atoms with Crippen LogP contribution in [0.1, 0.15) is 23.7 Å². The minimum absolute atomic E-state index is 0.0323. The van der Waals surface area contributed by atoms with Crippen LogP contribution in [0, 0.1) is 0 Å². The predicted molar refractivity (Wildman–Crippen MR) is 101 cm³/mol. The Labute approximate surface area is 154 Å². The van der Waals surface area contributed by atoms with E-state index in [0.29, 0.717) is 13.1 Å². The lowest BCUT2D eigenvalue weighted by Crippen LogP contribution is -2.32. The molecular formula is C19H26N2O4S. The number of nitrogens with two attached hydrogens (primary N) is 1. The van der Waals surface area contributed by atoms with Gasteiger partial charge >= 0.3 is 0 Å². The highest BCUT2D eigenvalue weighted by molar-refractivity contribution is 7.89. The van der Waals surface area contributed by atoms with Crippen LogP contribution in [0.2, 0.25) is 0 Å². The second-order valence-electron chi connectivity index (χ2n) is 6.24. The first kappa shape index (κ1) is 20.5. The van der Waals surface area contributed by atoms with Gasteiger partial charge in [-0.2, -0.15) is 0 Å². The Morgan fingerprint density at radius 2 is 1.65 bits per heavy atom. The second-order valence-corrected chi connectivity index (χ2v) is 7.80. The molecule has 0 saturated heterocycles. The van der Waals surface area contributed by atoms with Crippen LogP contribution in [0.3, 0.4) is 0 Å². The normalized spacial score (nSPS) is 13.1. The van der Waals surface area contributed by atoms with E-state index in [4.69, 9.17) is 5.14 Å². The molecule has 0 aliphatic rings. The van der Waals surface area contributed by atoms with Gasteiger partial charge in [-0.1, -0.05) is 42.5 Å². The van der Waals surface area contributed by atoms with Gasteiger partial charge in [-0.3, -0.25) is 4.90 Å². The van der Waals surface area contributed by atoms with Crippen molar-refractivity contribution < 1.29 is 18.6 Å². The van der Waals surface area contributed by atoms with Gasteiger partial charge in [0.1, 0.15) is 0 Å². The lowest BCUT2D eigenvalue weighted by molar-refractivity contribution is 0.0991. The fraction of sp³-hybridized carbons (Fsp3) is 0.368. The van der Waals surface area contributed by atoms with Crippen molar-refractivity contribution in [2.75, 3.05) is 26.2 Å². The SMILES string of the molecule is NS(=O)(=O)c1ccc(CCCN(CCO)CC(O)c2ccccc2)cc1. The maximum atomic E-state index is 11.3. The van der Waals surface area contributed by atoms with E-state index in [0.717, 1.165) is 30.5 Å². The molecule has 0 aromatic heterocycles. The first-order valence-corrected chi connectivity index (χ1v) is 10.1. The molecule has 0 aliphatic heterocycles. The van der Waals surface area contributed by atoms with Crippen LogP contribution in [0.25, 0.3) is 0 Å². The first-order valence-electron chi connectivity index (χ1n) is 8.58. The van der Waals surface area contributed by atoms with Crippen LogP contribution >= 0.6 is 0 Å². The van der Waals surface area contributed by atoms with Crippen LogP contribution < -0.4 is 5.14 Å². The van der Waals surface area contributed by atoms with Crippen molar-refractivity contribution in [2.45, 2.75) is 23.8 Å². The number of benzene rings is 2. The third-order valence-electron chi connectivity index (χ3n) is 4.22. The summed E-state index contributed by atoms with van der Waals surface area (Å²) in [5.74, 6) is 0. The fourth-order valence-electron chi connectivity index (χ4n) is 2.81. The van der Waals surface area contributed by atoms with Crippen LogP contribution in [0.4, 0.5) is 0 Å². The Bertz CT molecular complexity index is 764. The molecule has 0 bridgehead atoms. The molecule has 0 saturated carbocycles. The van der Waals surface area contributed by atoms with Gasteiger partial charge in [0.05, 0.1) is 17.6 Å². The van der Waals surface area contributed by atoms with Gasteiger partial charge in [0, 0.05) is 13.1 Å².